The van der Waals surface area contributed by atoms with Crippen LogP contribution in [0.2, 0.25) is 0 Å². The van der Waals surface area contributed by atoms with Crippen molar-refractivity contribution >= 4 is 14.4 Å². The molecule has 0 atom stereocenters. The molecule has 0 aromatic heterocycles. The maximum atomic E-state index is 3.65. The summed E-state index contributed by atoms with van der Waals surface area (Å²) in [7, 11) is 0. The van der Waals surface area contributed by atoms with E-state index in [1.54, 1.807) is 0 Å². The summed E-state index contributed by atoms with van der Waals surface area (Å²) in [5, 5.41) is 0. The zero-order chi connectivity index (χ0) is 36.2. The first-order valence-electron chi connectivity index (χ1n) is 18.1. The molecular weight excluding hydrogens is 751 g/mol. The van der Waals surface area contributed by atoms with Gasteiger partial charge in [0.2, 0.25) is 0 Å². The van der Waals surface area contributed by atoms with Crippen molar-refractivity contribution < 1.29 is 49.0 Å². The van der Waals surface area contributed by atoms with Crippen molar-refractivity contribution in [1.82, 2.24) is 0 Å². The van der Waals surface area contributed by atoms with Crippen LogP contribution in [-0.4, -0.2) is 3.21 Å². The molecule has 0 radical (unpaired) electrons. The second-order valence-electron chi connectivity index (χ2n) is 16.8. The summed E-state index contributed by atoms with van der Waals surface area (Å²) in [5.74, 6) is 0. The Balaban J connectivity index is 0.000000193. The number of benzene rings is 4. The van der Waals surface area contributed by atoms with E-state index in [0.29, 0.717) is 5.41 Å². The van der Waals surface area contributed by atoms with E-state index in [9.17, 15) is 0 Å². The predicted octanol–water partition coefficient (Wildman–Crippen LogP) is 6.60. The van der Waals surface area contributed by atoms with Gasteiger partial charge in [0.25, 0.3) is 0 Å². The first-order valence-corrected chi connectivity index (χ1v) is 19.3. The van der Waals surface area contributed by atoms with Crippen LogP contribution < -0.4 is 24.8 Å². The van der Waals surface area contributed by atoms with Crippen LogP contribution in [0.3, 0.4) is 0 Å². The molecule has 4 aliphatic carbocycles. The molecule has 8 rings (SSSR count). The van der Waals surface area contributed by atoms with Crippen LogP contribution >= 0.6 is 0 Å². The van der Waals surface area contributed by atoms with E-state index in [1.165, 1.54) is 111 Å². The first-order chi connectivity index (χ1) is 23.4. The van der Waals surface area contributed by atoms with E-state index in [0.717, 1.165) is 12.8 Å². The van der Waals surface area contributed by atoms with Crippen LogP contribution in [-0.2, 0) is 41.5 Å². The summed E-state index contributed by atoms with van der Waals surface area (Å²) in [6.07, 6.45) is 15.6. The molecule has 4 aromatic carbocycles. The van der Waals surface area contributed by atoms with E-state index in [2.05, 4.69) is 179 Å². The summed E-state index contributed by atoms with van der Waals surface area (Å²) in [6.45, 7) is 24.6. The van der Waals surface area contributed by atoms with Gasteiger partial charge < -0.3 is 24.8 Å². The van der Waals surface area contributed by atoms with E-state index < -0.39 is 0 Å². The van der Waals surface area contributed by atoms with Gasteiger partial charge in [-0.25, -0.2) is 11.6 Å². The van der Waals surface area contributed by atoms with E-state index in [-0.39, 0.29) is 35.6 Å². The van der Waals surface area contributed by atoms with Crippen LogP contribution in [0.25, 0.3) is 22.3 Å². The molecule has 0 amide bonds. The fraction of sp³-hybridized carbons (Fsp3) is 0.327. The molecule has 0 saturated heterocycles. The Hall–Kier alpha value is -2.83. The van der Waals surface area contributed by atoms with Crippen molar-refractivity contribution in [3.8, 4) is 11.1 Å². The van der Waals surface area contributed by atoms with Gasteiger partial charge in [0, 0.05) is 5.41 Å². The van der Waals surface area contributed by atoms with Crippen LogP contribution in [0.4, 0.5) is 0 Å². The summed E-state index contributed by atoms with van der Waals surface area (Å²) in [6, 6.07) is 27.3. The number of halogens is 2. The molecule has 3 heteroatoms. The zero-order valence-electron chi connectivity index (χ0n) is 32.8. The monoisotopic (exact) mass is 800 g/mol. The molecule has 0 bridgehead atoms. The molecule has 268 valence electrons. The second kappa shape index (κ2) is 15.9. The molecule has 0 heterocycles. The molecule has 0 nitrogen and oxygen atoms in total. The fourth-order valence-electron chi connectivity index (χ4n) is 7.80. The normalized spacial score (nSPS) is 16.2. The number of hydrogen-bond donors (Lipinski definition) is 0. The Bertz CT molecular complexity index is 1980. The molecule has 0 unspecified atom stereocenters. The number of allylic oxidation sites excluding steroid dienone is 8. The van der Waals surface area contributed by atoms with Crippen LogP contribution in [0.15, 0.2) is 96.6 Å². The van der Waals surface area contributed by atoms with Gasteiger partial charge in [-0.2, -0.15) is 17.2 Å². The Labute approximate surface area is 341 Å². The van der Waals surface area contributed by atoms with Crippen LogP contribution in [0, 0.1) is 31.4 Å². The van der Waals surface area contributed by atoms with Gasteiger partial charge in [-0.3, -0.25) is 12.2 Å². The third-order valence-electron chi connectivity index (χ3n) is 10.7. The van der Waals surface area contributed by atoms with Gasteiger partial charge in [0.15, 0.2) is 0 Å². The van der Waals surface area contributed by atoms with Crippen LogP contribution in [0.1, 0.15) is 124 Å². The van der Waals surface area contributed by atoms with Gasteiger partial charge in [-0.1, -0.05) is 84.4 Å². The quantitative estimate of drug-likeness (QED) is 0.177. The van der Waals surface area contributed by atoms with Gasteiger partial charge in [0.05, 0.1) is 0 Å². The smallest absolute Gasteiger partial charge is 1.00 e. The van der Waals surface area contributed by atoms with E-state index in [1.807, 2.05) is 0 Å². The summed E-state index contributed by atoms with van der Waals surface area (Å²) >= 11 is 1.46. The van der Waals surface area contributed by atoms with Gasteiger partial charge in [-0.05, 0) is 58.4 Å². The summed E-state index contributed by atoms with van der Waals surface area (Å²) in [4.78, 5) is 0. The maximum absolute atomic E-state index is 3.65. The molecule has 0 spiro atoms. The van der Waals surface area contributed by atoms with Crippen molar-refractivity contribution in [3.05, 3.63) is 164 Å². The van der Waals surface area contributed by atoms with Crippen molar-refractivity contribution in [2.75, 3.05) is 0 Å². The maximum Gasteiger partial charge on any atom is -1.00 e. The number of fused-ring (bicyclic) bond motifs is 5. The SMILES string of the molecule is CC(C)(C)C1=CC[C-]=C1.CC1=[C-]C(C)(C)c2cc3c(cc21)-c1cc2c(cc1C3)C(C)(C)C=C2C.Cc1ccc([C](=[Zr+2])c2ccc(C)cc2)cc1.[Cl-].[Cl-]. The van der Waals surface area contributed by atoms with Crippen molar-refractivity contribution in [1.29, 1.82) is 0 Å². The topological polar surface area (TPSA) is 0 Å². The van der Waals surface area contributed by atoms with Crippen molar-refractivity contribution in [3.63, 3.8) is 0 Å². The molecular formula is C49H52Cl2Zr-2. The third kappa shape index (κ3) is 8.59. The fourth-order valence-corrected chi connectivity index (χ4v) is 8.62. The third-order valence-corrected chi connectivity index (χ3v) is 12.1. The van der Waals surface area contributed by atoms with E-state index in [4.69, 9.17) is 0 Å². The van der Waals surface area contributed by atoms with Crippen LogP contribution in [0.5, 0.6) is 0 Å². The van der Waals surface area contributed by atoms with Crippen molar-refractivity contribution in [2.24, 2.45) is 5.41 Å². The number of rotatable bonds is 2. The molecule has 52 heavy (non-hydrogen) atoms. The van der Waals surface area contributed by atoms with Gasteiger partial charge in [-0.15, -0.1) is 18.1 Å². The predicted molar refractivity (Wildman–Crippen MR) is 212 cm³/mol. The molecule has 0 N–H and O–H groups in total. The molecule has 0 fully saturated rings. The Morgan fingerprint density at radius 1 is 0.673 bits per heavy atom. The Morgan fingerprint density at radius 2 is 1.17 bits per heavy atom. The minimum atomic E-state index is 0. The summed E-state index contributed by atoms with van der Waals surface area (Å²) < 4.78 is 1.42. The average molecular weight is 803 g/mol. The minimum Gasteiger partial charge on any atom is -1.00 e. The summed E-state index contributed by atoms with van der Waals surface area (Å²) in [5.41, 5.74) is 21.6. The standard InChI is InChI=1S/C25H25.C15H14.C9H13.2ClH.Zr/c1-14-12-24(3,4)22-8-16-7-17-9-23-19(15(2)13-25(23,5)6)11-21(17)20(16)10-18(14)22;1-12-3-7-14(8-4-12)11-15-9-5-13(2)6-10-15;1-9(2,3)8-6-4-5-7-8;;;/h8-12H,7H2,1-6H3;3-10H,1-2H3;6-7H,4H2,1-3H3;2*1H;/q-1;;-1;;;+2/p-2. The molecule has 0 saturated carbocycles. The average Bonchev–Trinajstić information content (AvgIpc) is 3.81. The molecule has 4 aliphatic rings. The number of hydrogen-bond acceptors (Lipinski definition) is 0. The molecule has 0 aliphatic heterocycles. The number of aryl methyl sites for hydroxylation is 2. The molecule has 4 aromatic rings. The van der Waals surface area contributed by atoms with Gasteiger partial charge >= 0.3 is 112 Å². The first kappa shape index (κ1) is 41.9. The van der Waals surface area contributed by atoms with Gasteiger partial charge in [0.1, 0.15) is 0 Å². The van der Waals surface area contributed by atoms with E-state index >= 15 is 0 Å². The zero-order valence-corrected chi connectivity index (χ0v) is 36.8. The second-order valence-corrected chi connectivity index (χ2v) is 18.0. The largest absolute Gasteiger partial charge is 1.00 e. The Kier molecular flexibility index (Phi) is 12.8. The minimum absolute atomic E-state index is 0. The Morgan fingerprint density at radius 3 is 1.63 bits per heavy atom. The van der Waals surface area contributed by atoms with Crippen molar-refractivity contribution in [2.45, 2.75) is 99.8 Å².